The highest BCUT2D eigenvalue weighted by Gasteiger charge is 2.60. The van der Waals surface area contributed by atoms with Crippen LogP contribution in [0.4, 0.5) is 15.8 Å². The average molecular weight is 404 g/mol. The maximum atomic E-state index is 13.9. The van der Waals surface area contributed by atoms with E-state index >= 15 is 0 Å². The van der Waals surface area contributed by atoms with E-state index in [4.69, 9.17) is 0 Å². The number of fused-ring (bicyclic) bond motifs is 2. The first-order valence-corrected chi connectivity index (χ1v) is 10.3. The minimum atomic E-state index is -1.21. The Labute approximate surface area is 171 Å². The summed E-state index contributed by atoms with van der Waals surface area (Å²) in [6.07, 6.45) is 0. The second kappa shape index (κ2) is 6.74. The SMILES string of the molecule is O=C1CS[C@@]2(C(=O)N(Cc3ccccc3)c3ccccc32)N1c1cccc(F)c1. The van der Waals surface area contributed by atoms with Crippen LogP contribution in [0.2, 0.25) is 0 Å². The molecule has 3 aromatic carbocycles. The van der Waals surface area contributed by atoms with Crippen molar-refractivity contribution in [1.82, 2.24) is 0 Å². The van der Waals surface area contributed by atoms with Gasteiger partial charge in [-0.05, 0) is 29.8 Å². The fourth-order valence-electron chi connectivity index (χ4n) is 4.09. The zero-order valence-corrected chi connectivity index (χ0v) is 16.2. The maximum Gasteiger partial charge on any atom is 0.269 e. The van der Waals surface area contributed by atoms with Crippen LogP contribution in [0.1, 0.15) is 11.1 Å². The molecule has 1 spiro atoms. The third kappa shape index (κ3) is 2.67. The number of rotatable bonds is 3. The topological polar surface area (TPSA) is 40.6 Å². The van der Waals surface area contributed by atoms with Crippen LogP contribution in [0.25, 0.3) is 0 Å². The molecular formula is C23H17FN2O2S. The molecule has 2 amide bonds. The van der Waals surface area contributed by atoms with Gasteiger partial charge in [0.25, 0.3) is 5.91 Å². The highest BCUT2D eigenvalue weighted by atomic mass is 32.2. The molecule has 4 nitrogen and oxygen atoms in total. The average Bonchev–Trinajstić information content (AvgIpc) is 3.20. The fraction of sp³-hybridized carbons (Fsp3) is 0.130. The first kappa shape index (κ1) is 17.9. The summed E-state index contributed by atoms with van der Waals surface area (Å²) in [5.41, 5.74) is 2.94. The second-order valence-corrected chi connectivity index (χ2v) is 8.20. The molecule has 0 N–H and O–H groups in total. The van der Waals surface area contributed by atoms with Crippen molar-refractivity contribution >= 4 is 35.0 Å². The van der Waals surface area contributed by atoms with Crippen LogP contribution in [0.5, 0.6) is 0 Å². The van der Waals surface area contributed by atoms with Gasteiger partial charge in [0.1, 0.15) is 5.82 Å². The van der Waals surface area contributed by atoms with Crippen molar-refractivity contribution in [1.29, 1.82) is 0 Å². The summed E-state index contributed by atoms with van der Waals surface area (Å²) in [5.74, 6) is -0.661. The van der Waals surface area contributed by atoms with Crippen LogP contribution in [-0.4, -0.2) is 17.6 Å². The molecule has 5 rings (SSSR count). The number of amides is 2. The first-order valence-electron chi connectivity index (χ1n) is 9.29. The monoisotopic (exact) mass is 404 g/mol. The molecule has 1 saturated heterocycles. The Morgan fingerprint density at radius 3 is 2.48 bits per heavy atom. The number of halogens is 1. The number of hydrogen-bond acceptors (Lipinski definition) is 3. The Bertz CT molecular complexity index is 1120. The third-order valence-electron chi connectivity index (χ3n) is 5.31. The van der Waals surface area contributed by atoms with E-state index in [0.29, 0.717) is 12.2 Å². The van der Waals surface area contributed by atoms with E-state index in [1.165, 1.54) is 28.8 Å². The predicted octanol–water partition coefficient (Wildman–Crippen LogP) is 4.31. The molecule has 3 aromatic rings. The van der Waals surface area contributed by atoms with Gasteiger partial charge in [0.15, 0.2) is 0 Å². The molecule has 1 atom stereocenters. The number of benzene rings is 3. The number of anilines is 2. The van der Waals surface area contributed by atoms with Gasteiger partial charge in [-0.3, -0.25) is 14.5 Å². The van der Waals surface area contributed by atoms with Crippen molar-refractivity contribution in [3.05, 3.63) is 95.8 Å². The van der Waals surface area contributed by atoms with Crippen LogP contribution in [0, 0.1) is 5.82 Å². The summed E-state index contributed by atoms with van der Waals surface area (Å²) >= 11 is 1.30. The Kier molecular flexibility index (Phi) is 4.17. The molecular weight excluding hydrogens is 387 g/mol. The van der Waals surface area contributed by atoms with Crippen molar-refractivity contribution in [2.75, 3.05) is 15.6 Å². The number of hydrogen-bond donors (Lipinski definition) is 0. The van der Waals surface area contributed by atoms with Gasteiger partial charge in [-0.25, -0.2) is 4.39 Å². The summed E-state index contributed by atoms with van der Waals surface area (Å²) in [6.45, 7) is 0.407. The summed E-state index contributed by atoms with van der Waals surface area (Å²) in [6, 6.07) is 23.1. The normalized spacial score (nSPS) is 20.6. The van der Waals surface area contributed by atoms with Gasteiger partial charge in [0, 0.05) is 11.3 Å². The Balaban J connectivity index is 1.66. The lowest BCUT2D eigenvalue weighted by Crippen LogP contribution is -2.49. The molecule has 2 aliphatic rings. The van der Waals surface area contributed by atoms with Crippen LogP contribution in [-0.2, 0) is 21.0 Å². The van der Waals surface area contributed by atoms with Crippen molar-refractivity contribution in [3.8, 4) is 0 Å². The first-order chi connectivity index (χ1) is 14.1. The lowest BCUT2D eigenvalue weighted by molar-refractivity contribution is -0.123. The van der Waals surface area contributed by atoms with E-state index in [1.807, 2.05) is 54.6 Å². The van der Waals surface area contributed by atoms with Crippen LogP contribution in [0.15, 0.2) is 78.9 Å². The minimum Gasteiger partial charge on any atom is -0.304 e. The highest BCUT2D eigenvalue weighted by Crippen LogP contribution is 2.55. The summed E-state index contributed by atoms with van der Waals surface area (Å²) in [5, 5.41) is 0. The molecule has 0 aliphatic carbocycles. The van der Waals surface area contributed by atoms with Crippen molar-refractivity contribution in [2.24, 2.45) is 0 Å². The molecule has 1 fully saturated rings. The number of carbonyl (C=O) groups excluding carboxylic acids is 2. The van der Waals surface area contributed by atoms with E-state index in [-0.39, 0.29) is 17.6 Å². The number of carbonyl (C=O) groups is 2. The van der Waals surface area contributed by atoms with Crippen LogP contribution < -0.4 is 9.80 Å². The Morgan fingerprint density at radius 2 is 1.69 bits per heavy atom. The summed E-state index contributed by atoms with van der Waals surface area (Å²) < 4.78 is 13.9. The summed E-state index contributed by atoms with van der Waals surface area (Å²) in [7, 11) is 0. The number of nitrogens with zero attached hydrogens (tertiary/aromatic N) is 2. The molecule has 144 valence electrons. The van der Waals surface area contributed by atoms with Gasteiger partial charge < -0.3 is 4.90 Å². The molecule has 0 bridgehead atoms. The van der Waals surface area contributed by atoms with Gasteiger partial charge in [0.05, 0.1) is 18.0 Å². The van der Waals surface area contributed by atoms with Gasteiger partial charge in [-0.1, -0.05) is 54.6 Å². The molecule has 29 heavy (non-hydrogen) atoms. The molecule has 2 heterocycles. The van der Waals surface area contributed by atoms with Gasteiger partial charge in [-0.2, -0.15) is 0 Å². The third-order valence-corrected chi connectivity index (χ3v) is 6.70. The van der Waals surface area contributed by atoms with Gasteiger partial charge in [-0.15, -0.1) is 11.8 Å². The van der Waals surface area contributed by atoms with Crippen molar-refractivity contribution in [3.63, 3.8) is 0 Å². The largest absolute Gasteiger partial charge is 0.304 e. The maximum absolute atomic E-state index is 13.9. The van der Waals surface area contributed by atoms with Crippen LogP contribution >= 0.6 is 11.8 Å². The highest BCUT2D eigenvalue weighted by molar-refractivity contribution is 8.02. The standard InChI is InChI=1S/C23H17FN2O2S/c24-17-9-6-10-18(13-17)26-21(27)15-29-23(26)19-11-4-5-12-20(19)25(22(23)28)14-16-7-2-1-3-8-16/h1-13H,14-15H2/t23-/m0/s1. The minimum absolute atomic E-state index is 0.162. The van der Waals surface area contributed by atoms with Gasteiger partial charge >= 0.3 is 0 Å². The molecule has 0 radical (unpaired) electrons. The molecule has 2 aliphatic heterocycles. The Morgan fingerprint density at radius 1 is 0.931 bits per heavy atom. The van der Waals surface area contributed by atoms with E-state index in [2.05, 4.69) is 0 Å². The summed E-state index contributed by atoms with van der Waals surface area (Å²) in [4.78, 5) is 28.7. The molecule has 0 unspecified atom stereocenters. The van der Waals surface area contributed by atoms with Gasteiger partial charge in [0.2, 0.25) is 10.8 Å². The number of thioether (sulfide) groups is 1. The second-order valence-electron chi connectivity index (χ2n) is 7.04. The molecule has 0 aromatic heterocycles. The number of para-hydroxylation sites is 1. The zero-order valence-electron chi connectivity index (χ0n) is 15.4. The lowest BCUT2D eigenvalue weighted by atomic mass is 10.0. The molecule has 0 saturated carbocycles. The molecule has 6 heteroatoms. The predicted molar refractivity (Wildman–Crippen MR) is 112 cm³/mol. The zero-order chi connectivity index (χ0) is 20.0. The van der Waals surface area contributed by atoms with Crippen molar-refractivity contribution < 1.29 is 14.0 Å². The smallest absolute Gasteiger partial charge is 0.269 e. The van der Waals surface area contributed by atoms with Crippen molar-refractivity contribution in [2.45, 2.75) is 11.4 Å². The van der Waals surface area contributed by atoms with Crippen LogP contribution in [0.3, 0.4) is 0 Å². The van der Waals surface area contributed by atoms with E-state index < -0.39 is 10.7 Å². The lowest BCUT2D eigenvalue weighted by Gasteiger charge is -2.33. The van der Waals surface area contributed by atoms with E-state index in [0.717, 1.165) is 16.8 Å². The van der Waals surface area contributed by atoms with E-state index in [9.17, 15) is 14.0 Å². The van der Waals surface area contributed by atoms with E-state index in [1.54, 1.807) is 17.0 Å². The fourth-order valence-corrected chi connectivity index (χ4v) is 5.45. The quantitative estimate of drug-likeness (QED) is 0.653. The Hall–Kier alpha value is -3.12.